The Labute approximate surface area is 290 Å². The number of allylic oxidation sites excluding steroid dienone is 8. The summed E-state index contributed by atoms with van der Waals surface area (Å²) in [6.07, 6.45) is 21.7. The number of hydrogen-bond donors (Lipinski definition) is 1. The number of hydrogen-bond acceptors (Lipinski definition) is 2. The second-order valence-electron chi connectivity index (χ2n) is 18.0. The smallest absolute Gasteiger partial charge is 0.155 e. The normalized spacial score (nSPS) is 41.0. The van der Waals surface area contributed by atoms with Gasteiger partial charge in [0.25, 0.3) is 0 Å². The summed E-state index contributed by atoms with van der Waals surface area (Å²) >= 11 is 0. The molecule has 0 aromatic carbocycles. The number of carbonyl (C=O) groups excluding carboxylic acids is 1. The van der Waals surface area contributed by atoms with Crippen LogP contribution in [0.15, 0.2) is 71.4 Å². The average molecular weight is 643 g/mol. The Kier molecular flexibility index (Phi) is 12.0. The van der Waals surface area contributed by atoms with E-state index in [1.54, 1.807) is 5.57 Å². The Hall–Kier alpha value is -1.93. The van der Waals surface area contributed by atoms with Crippen molar-refractivity contribution < 1.29 is 9.90 Å². The van der Waals surface area contributed by atoms with E-state index in [1.807, 2.05) is 6.08 Å². The second-order valence-corrected chi connectivity index (χ2v) is 18.0. The lowest BCUT2D eigenvalue weighted by molar-refractivity contribution is -0.117. The van der Waals surface area contributed by atoms with Crippen LogP contribution < -0.4 is 0 Å². The van der Waals surface area contributed by atoms with Gasteiger partial charge in [0.2, 0.25) is 0 Å². The number of rotatable bonds is 3. The van der Waals surface area contributed by atoms with Gasteiger partial charge in [-0.25, -0.2) is 0 Å². The van der Waals surface area contributed by atoms with Crippen molar-refractivity contribution in [3.63, 3.8) is 0 Å². The lowest BCUT2D eigenvalue weighted by Gasteiger charge is -2.48. The summed E-state index contributed by atoms with van der Waals surface area (Å²) in [7, 11) is 0. The summed E-state index contributed by atoms with van der Waals surface area (Å²) in [5.74, 6) is 4.37. The van der Waals surface area contributed by atoms with Crippen LogP contribution in [0.5, 0.6) is 0 Å². The SMILES string of the molecule is C=C(C)[C@@H]1CCC2=CC(=O)C[C@@H](C)[C@]2(C)C1.C=C(C)[C@@H]1CCC2=CCC[C@@H](C)[C@]2(C)C1.C=C(C)[C@@H]1CCC2=C[C@H](O)C[C@@H](C)[C@]2(C)C1. The minimum absolute atomic E-state index is 0.209. The van der Waals surface area contributed by atoms with Gasteiger partial charge in [-0.1, -0.05) is 107 Å². The van der Waals surface area contributed by atoms with Crippen LogP contribution >= 0.6 is 0 Å². The number of carbonyl (C=O) groups is 1. The molecule has 1 N–H and O–H groups in total. The Balaban J connectivity index is 0.000000160. The van der Waals surface area contributed by atoms with Crippen LogP contribution in [-0.4, -0.2) is 17.0 Å². The molecule has 6 aliphatic carbocycles. The average Bonchev–Trinajstić information content (AvgIpc) is 2.99. The van der Waals surface area contributed by atoms with E-state index in [1.165, 1.54) is 85.7 Å². The van der Waals surface area contributed by atoms with Gasteiger partial charge in [0.1, 0.15) is 0 Å². The first-order chi connectivity index (χ1) is 21.9. The fraction of sp³-hybridized carbons (Fsp3) is 0.711. The molecule has 10 atom stereocenters. The number of aliphatic hydroxyl groups is 1. The standard InChI is InChI=1S/C15H24O.C15H22O.C15H24/c2*1-10(2)12-5-6-13-8-14(16)7-11(3)15(13,4)9-12;1-11(2)13-8-9-14-7-5-6-12(3)15(14,4)10-13/h8,11-12,14,16H,1,5-7,9H2,2-4H3;8,11-12H,1,5-7,9H2,2-4H3;7,12-13H,1,5-6,8-10H2,2-4H3/t11-,12-,14-,15+;11-,12-,15+;12-,13-,15+/m111/s1. The third-order valence-corrected chi connectivity index (χ3v) is 14.7. The molecule has 3 saturated carbocycles. The highest BCUT2D eigenvalue weighted by Gasteiger charge is 2.45. The topological polar surface area (TPSA) is 37.3 Å². The molecule has 0 spiro atoms. The zero-order valence-electron chi connectivity index (χ0n) is 31.9. The minimum atomic E-state index is -0.209. The Bertz CT molecular complexity index is 1310. The molecule has 6 rings (SSSR count). The molecule has 47 heavy (non-hydrogen) atoms. The highest BCUT2D eigenvalue weighted by Crippen LogP contribution is 2.55. The first-order valence-corrected chi connectivity index (χ1v) is 19.2. The van der Waals surface area contributed by atoms with Gasteiger partial charge in [-0.3, -0.25) is 4.79 Å². The molecule has 6 aliphatic rings. The van der Waals surface area contributed by atoms with Crippen molar-refractivity contribution in [2.24, 2.45) is 51.8 Å². The van der Waals surface area contributed by atoms with Crippen LogP contribution in [0.3, 0.4) is 0 Å². The first kappa shape index (κ1) is 37.9. The molecule has 2 heteroatoms. The van der Waals surface area contributed by atoms with E-state index in [0.717, 1.165) is 37.5 Å². The van der Waals surface area contributed by atoms with Gasteiger partial charge in [-0.2, -0.15) is 0 Å². The minimum Gasteiger partial charge on any atom is -0.389 e. The van der Waals surface area contributed by atoms with E-state index in [4.69, 9.17) is 0 Å². The molecule has 0 bridgehead atoms. The van der Waals surface area contributed by atoms with Gasteiger partial charge < -0.3 is 5.11 Å². The van der Waals surface area contributed by atoms with Crippen molar-refractivity contribution in [3.05, 3.63) is 71.4 Å². The number of ketones is 1. The summed E-state index contributed by atoms with van der Waals surface area (Å²) in [6, 6.07) is 0. The molecular formula is C45H70O2. The predicted molar refractivity (Wildman–Crippen MR) is 202 cm³/mol. The van der Waals surface area contributed by atoms with Crippen molar-refractivity contribution >= 4 is 5.78 Å². The Morgan fingerprint density at radius 3 is 1.64 bits per heavy atom. The van der Waals surface area contributed by atoms with Crippen LogP contribution in [-0.2, 0) is 4.79 Å². The van der Waals surface area contributed by atoms with Crippen molar-refractivity contribution in [3.8, 4) is 0 Å². The van der Waals surface area contributed by atoms with E-state index < -0.39 is 0 Å². The maximum atomic E-state index is 11.6. The van der Waals surface area contributed by atoms with Crippen LogP contribution in [0.4, 0.5) is 0 Å². The van der Waals surface area contributed by atoms with Gasteiger partial charge in [-0.05, 0) is 156 Å². The highest BCUT2D eigenvalue weighted by molar-refractivity contribution is 5.92. The van der Waals surface area contributed by atoms with Gasteiger partial charge in [-0.15, -0.1) is 0 Å². The molecule has 0 saturated heterocycles. The Morgan fingerprint density at radius 2 is 1.13 bits per heavy atom. The van der Waals surface area contributed by atoms with E-state index in [-0.39, 0.29) is 11.5 Å². The van der Waals surface area contributed by atoms with E-state index in [9.17, 15) is 9.90 Å². The molecule has 0 radical (unpaired) electrons. The van der Waals surface area contributed by atoms with Gasteiger partial charge in [0.05, 0.1) is 6.10 Å². The highest BCUT2D eigenvalue weighted by atomic mass is 16.3. The van der Waals surface area contributed by atoms with Crippen molar-refractivity contribution in [2.75, 3.05) is 0 Å². The third-order valence-electron chi connectivity index (χ3n) is 14.7. The van der Waals surface area contributed by atoms with E-state index in [2.05, 4.69) is 94.2 Å². The van der Waals surface area contributed by atoms with Crippen LogP contribution in [0.2, 0.25) is 0 Å². The van der Waals surface area contributed by atoms with Crippen molar-refractivity contribution in [1.82, 2.24) is 0 Å². The van der Waals surface area contributed by atoms with Gasteiger partial charge in [0, 0.05) is 6.42 Å². The lowest BCUT2D eigenvalue weighted by Crippen LogP contribution is -2.39. The molecule has 0 aromatic rings. The summed E-state index contributed by atoms with van der Waals surface area (Å²) in [5.41, 5.74) is 9.72. The van der Waals surface area contributed by atoms with E-state index in [0.29, 0.717) is 40.3 Å². The second kappa shape index (κ2) is 14.9. The van der Waals surface area contributed by atoms with Gasteiger partial charge >= 0.3 is 0 Å². The molecule has 0 aliphatic heterocycles. The molecule has 0 unspecified atom stereocenters. The zero-order chi connectivity index (χ0) is 34.9. The fourth-order valence-corrected chi connectivity index (χ4v) is 10.3. The summed E-state index contributed by atoms with van der Waals surface area (Å²) in [5, 5.41) is 9.81. The Morgan fingerprint density at radius 1 is 0.681 bits per heavy atom. The third kappa shape index (κ3) is 8.11. The van der Waals surface area contributed by atoms with Crippen molar-refractivity contribution in [2.45, 2.75) is 152 Å². The first-order valence-electron chi connectivity index (χ1n) is 19.2. The molecule has 0 amide bonds. The number of fused-ring (bicyclic) bond motifs is 3. The molecule has 0 aromatic heterocycles. The monoisotopic (exact) mass is 643 g/mol. The molecule has 262 valence electrons. The van der Waals surface area contributed by atoms with Crippen LogP contribution in [0.1, 0.15) is 146 Å². The fourth-order valence-electron chi connectivity index (χ4n) is 10.3. The summed E-state index contributed by atoms with van der Waals surface area (Å²) < 4.78 is 0. The zero-order valence-corrected chi connectivity index (χ0v) is 31.9. The largest absolute Gasteiger partial charge is 0.389 e. The maximum absolute atomic E-state index is 11.6. The molecule has 0 heterocycles. The summed E-state index contributed by atoms with van der Waals surface area (Å²) in [6.45, 7) is 33.0. The molecule has 2 nitrogen and oxygen atoms in total. The van der Waals surface area contributed by atoms with Crippen LogP contribution in [0.25, 0.3) is 0 Å². The summed E-state index contributed by atoms with van der Waals surface area (Å²) in [4.78, 5) is 11.6. The van der Waals surface area contributed by atoms with Crippen molar-refractivity contribution in [1.29, 1.82) is 0 Å². The maximum Gasteiger partial charge on any atom is 0.155 e. The quantitative estimate of drug-likeness (QED) is 0.311. The lowest BCUT2D eigenvalue weighted by atomic mass is 9.57. The molecular weight excluding hydrogens is 572 g/mol. The predicted octanol–water partition coefficient (Wildman–Crippen LogP) is 12.3. The van der Waals surface area contributed by atoms with Gasteiger partial charge in [0.15, 0.2) is 5.78 Å². The van der Waals surface area contributed by atoms with E-state index >= 15 is 0 Å². The van der Waals surface area contributed by atoms with Crippen LogP contribution in [0, 0.1) is 51.8 Å². The molecule has 3 fully saturated rings. The number of aliphatic hydroxyl groups excluding tert-OH is 1.